The van der Waals surface area contributed by atoms with Crippen LogP contribution < -0.4 is 16.0 Å². The molecular formula is C26H28FN5O2S. The Morgan fingerprint density at radius 1 is 1.17 bits per heavy atom. The smallest absolute Gasteiger partial charge is 0.255 e. The zero-order valence-electron chi connectivity index (χ0n) is 19.8. The molecular weight excluding hydrogens is 465 g/mol. The summed E-state index contributed by atoms with van der Waals surface area (Å²) in [6, 6.07) is 15.6. The first-order chi connectivity index (χ1) is 16.7. The first-order valence-electron chi connectivity index (χ1n) is 11.2. The number of hydrogen-bond acceptors (Lipinski definition) is 7. The number of fused-ring (bicyclic) bond motifs is 1. The van der Waals surface area contributed by atoms with E-state index in [-0.39, 0.29) is 12.1 Å². The lowest BCUT2D eigenvalue weighted by Crippen LogP contribution is -2.42. The Hall–Kier alpha value is -3.56. The van der Waals surface area contributed by atoms with E-state index in [0.29, 0.717) is 18.1 Å². The third kappa shape index (κ3) is 6.12. The van der Waals surface area contributed by atoms with E-state index in [1.807, 2.05) is 49.4 Å². The van der Waals surface area contributed by atoms with Gasteiger partial charge in [-0.3, -0.25) is 4.79 Å². The quantitative estimate of drug-likeness (QED) is 0.256. The van der Waals surface area contributed by atoms with E-state index >= 15 is 0 Å². The van der Waals surface area contributed by atoms with Crippen LogP contribution in [0.15, 0.2) is 60.2 Å². The van der Waals surface area contributed by atoms with E-state index in [1.54, 1.807) is 22.9 Å². The summed E-state index contributed by atoms with van der Waals surface area (Å²) >= 11 is 1.55. The highest BCUT2D eigenvalue weighted by molar-refractivity contribution is 7.16. The monoisotopic (exact) mass is 493 g/mol. The van der Waals surface area contributed by atoms with Crippen LogP contribution in [0, 0.1) is 6.92 Å². The molecule has 0 saturated carbocycles. The molecule has 1 atom stereocenters. The molecule has 1 amide bonds. The standard InChI is InChI=1S/C26H28FN5O2S/c1-16-6-4-5-7-17(16)12-28-21-11-24(32-18-8-9-20-22(10-18)35-15-31-20)29-13-19(21)25(33)30-14-23(27)26(2,3)34/h4-11,13,15,23,34H,12,14H2,1-3H3,(H,30,33)(H2,28,29,32)/t23-/m1/s1. The fourth-order valence-corrected chi connectivity index (χ4v) is 4.17. The summed E-state index contributed by atoms with van der Waals surface area (Å²) in [5.41, 5.74) is 5.08. The van der Waals surface area contributed by atoms with Gasteiger partial charge in [0.2, 0.25) is 0 Å². The maximum absolute atomic E-state index is 14.2. The molecule has 182 valence electrons. The van der Waals surface area contributed by atoms with Crippen molar-refractivity contribution in [3.8, 4) is 0 Å². The van der Waals surface area contributed by atoms with E-state index in [4.69, 9.17) is 0 Å². The average Bonchev–Trinajstić information content (AvgIpc) is 3.29. The zero-order chi connectivity index (χ0) is 25.0. The lowest BCUT2D eigenvalue weighted by molar-refractivity contribution is -0.00177. The molecule has 9 heteroatoms. The molecule has 35 heavy (non-hydrogen) atoms. The molecule has 0 saturated heterocycles. The molecule has 2 aromatic carbocycles. The van der Waals surface area contributed by atoms with Gasteiger partial charge in [0.05, 0.1) is 39.1 Å². The summed E-state index contributed by atoms with van der Waals surface area (Å²) in [7, 11) is 0. The minimum absolute atomic E-state index is 0.282. The van der Waals surface area contributed by atoms with Gasteiger partial charge in [-0.25, -0.2) is 14.4 Å². The van der Waals surface area contributed by atoms with Gasteiger partial charge in [-0.1, -0.05) is 24.3 Å². The fourth-order valence-electron chi connectivity index (χ4n) is 3.46. The number of aromatic nitrogens is 2. The summed E-state index contributed by atoms with van der Waals surface area (Å²) in [5, 5.41) is 19.0. The molecule has 4 rings (SSSR count). The fraction of sp³-hybridized carbons (Fsp3) is 0.269. The normalized spacial score (nSPS) is 12.4. The van der Waals surface area contributed by atoms with Crippen LogP contribution in [0.5, 0.6) is 0 Å². The first-order valence-corrected chi connectivity index (χ1v) is 12.1. The van der Waals surface area contributed by atoms with Crippen LogP contribution in [0.25, 0.3) is 10.2 Å². The number of carbonyl (C=O) groups excluding carboxylic acids is 1. The van der Waals surface area contributed by atoms with Gasteiger partial charge in [-0.05, 0) is 50.1 Å². The number of hydrogen-bond donors (Lipinski definition) is 4. The van der Waals surface area contributed by atoms with E-state index < -0.39 is 17.7 Å². The van der Waals surface area contributed by atoms with Crippen LogP contribution in [0.3, 0.4) is 0 Å². The maximum Gasteiger partial charge on any atom is 0.255 e. The highest BCUT2D eigenvalue weighted by Gasteiger charge is 2.27. The SMILES string of the molecule is Cc1ccccc1CNc1cc(Nc2ccc3ncsc3c2)ncc1C(=O)NC[C@@H](F)C(C)(C)O. The van der Waals surface area contributed by atoms with Crippen LogP contribution in [0.2, 0.25) is 0 Å². The molecule has 0 aliphatic carbocycles. The highest BCUT2D eigenvalue weighted by atomic mass is 32.1. The highest BCUT2D eigenvalue weighted by Crippen LogP contribution is 2.26. The molecule has 2 aromatic heterocycles. The van der Waals surface area contributed by atoms with Crippen molar-refractivity contribution in [3.05, 3.63) is 76.9 Å². The number of thiazole rings is 1. The molecule has 0 fully saturated rings. The number of halogens is 1. The van der Waals surface area contributed by atoms with Crippen molar-refractivity contribution in [2.75, 3.05) is 17.2 Å². The van der Waals surface area contributed by atoms with Crippen molar-refractivity contribution >= 4 is 44.7 Å². The lowest BCUT2D eigenvalue weighted by atomic mass is 10.0. The summed E-state index contributed by atoms with van der Waals surface area (Å²) in [4.78, 5) is 21.6. The van der Waals surface area contributed by atoms with Crippen LogP contribution in [-0.4, -0.2) is 39.3 Å². The van der Waals surface area contributed by atoms with Gasteiger partial charge in [0.25, 0.3) is 5.91 Å². The van der Waals surface area contributed by atoms with Crippen molar-refractivity contribution in [3.63, 3.8) is 0 Å². The van der Waals surface area contributed by atoms with Crippen LogP contribution in [0.4, 0.5) is 21.6 Å². The number of amides is 1. The minimum Gasteiger partial charge on any atom is -0.387 e. The van der Waals surface area contributed by atoms with Crippen molar-refractivity contribution in [2.45, 2.75) is 39.1 Å². The molecule has 4 N–H and O–H groups in total. The van der Waals surface area contributed by atoms with Crippen molar-refractivity contribution in [1.29, 1.82) is 0 Å². The number of alkyl halides is 1. The van der Waals surface area contributed by atoms with Crippen LogP contribution >= 0.6 is 11.3 Å². The van der Waals surface area contributed by atoms with Gasteiger partial charge in [-0.15, -0.1) is 11.3 Å². The van der Waals surface area contributed by atoms with E-state index in [1.165, 1.54) is 20.0 Å². The number of pyridine rings is 1. The molecule has 0 radical (unpaired) electrons. The van der Waals surface area contributed by atoms with Crippen LogP contribution in [-0.2, 0) is 6.54 Å². The summed E-state index contributed by atoms with van der Waals surface area (Å²) in [6.07, 6.45) is -0.147. The van der Waals surface area contributed by atoms with E-state index in [9.17, 15) is 14.3 Å². The minimum atomic E-state index is -1.61. The van der Waals surface area contributed by atoms with Gasteiger partial charge >= 0.3 is 0 Å². The molecule has 4 aromatic rings. The number of aryl methyl sites for hydroxylation is 1. The number of aliphatic hydroxyl groups is 1. The van der Waals surface area contributed by atoms with Crippen molar-refractivity contribution < 1.29 is 14.3 Å². The molecule has 0 spiro atoms. The predicted octanol–water partition coefficient (Wildman–Crippen LogP) is 5.19. The lowest BCUT2D eigenvalue weighted by Gasteiger charge is -2.22. The van der Waals surface area contributed by atoms with Gasteiger partial charge < -0.3 is 21.1 Å². The number of nitrogens with zero attached hydrogens (tertiary/aromatic N) is 2. The molecule has 7 nitrogen and oxygen atoms in total. The summed E-state index contributed by atoms with van der Waals surface area (Å²) in [5.74, 6) is 0.0758. The maximum atomic E-state index is 14.2. The number of rotatable bonds is 9. The second kappa shape index (κ2) is 10.4. The third-order valence-corrected chi connectivity index (χ3v) is 6.48. The molecule has 0 aliphatic heterocycles. The van der Waals surface area contributed by atoms with Gasteiger partial charge in [0.15, 0.2) is 0 Å². The summed E-state index contributed by atoms with van der Waals surface area (Å²) in [6.45, 7) is 4.94. The Morgan fingerprint density at radius 3 is 2.74 bits per heavy atom. The largest absolute Gasteiger partial charge is 0.387 e. The zero-order valence-corrected chi connectivity index (χ0v) is 20.6. The molecule has 0 aliphatic rings. The third-order valence-electron chi connectivity index (χ3n) is 5.69. The van der Waals surface area contributed by atoms with Crippen molar-refractivity contribution in [2.24, 2.45) is 0 Å². The van der Waals surface area contributed by atoms with Gasteiger partial charge in [0, 0.05) is 24.5 Å². The second-order valence-corrected chi connectivity index (χ2v) is 9.77. The van der Waals surface area contributed by atoms with Crippen LogP contribution in [0.1, 0.15) is 35.3 Å². The molecule has 2 heterocycles. The Balaban J connectivity index is 1.57. The predicted molar refractivity (Wildman–Crippen MR) is 139 cm³/mol. The number of benzene rings is 2. The van der Waals surface area contributed by atoms with E-state index in [2.05, 4.69) is 25.9 Å². The van der Waals surface area contributed by atoms with Gasteiger partial charge in [0.1, 0.15) is 12.0 Å². The number of nitrogens with one attached hydrogen (secondary N) is 3. The summed E-state index contributed by atoms with van der Waals surface area (Å²) < 4.78 is 15.2. The Labute approximate surface area is 207 Å². The number of anilines is 3. The number of carbonyl (C=O) groups is 1. The Bertz CT molecular complexity index is 1330. The second-order valence-electron chi connectivity index (χ2n) is 8.89. The van der Waals surface area contributed by atoms with Crippen molar-refractivity contribution in [1.82, 2.24) is 15.3 Å². The average molecular weight is 494 g/mol. The Morgan fingerprint density at radius 2 is 1.97 bits per heavy atom. The van der Waals surface area contributed by atoms with Gasteiger partial charge in [-0.2, -0.15) is 0 Å². The first kappa shape index (κ1) is 24.6. The molecule has 0 unspecified atom stereocenters. The van der Waals surface area contributed by atoms with E-state index in [0.717, 1.165) is 27.0 Å². The topological polar surface area (TPSA) is 99.2 Å². The molecule has 0 bridgehead atoms. The Kier molecular flexibility index (Phi) is 7.28.